The predicted molar refractivity (Wildman–Crippen MR) is 78.3 cm³/mol. The lowest BCUT2D eigenvalue weighted by Crippen LogP contribution is -2.17. The Balaban J connectivity index is 2.22. The third kappa shape index (κ3) is 3.13. The van der Waals surface area contributed by atoms with Crippen LogP contribution in [0.3, 0.4) is 0 Å². The van der Waals surface area contributed by atoms with Gasteiger partial charge >= 0.3 is 0 Å². The van der Waals surface area contributed by atoms with Gasteiger partial charge in [0.15, 0.2) is 5.65 Å². The maximum Gasteiger partial charge on any atom is 0.226 e. The second-order valence-electron chi connectivity index (χ2n) is 5.16. The molecular weight excluding hydrogens is 240 g/mol. The molecule has 19 heavy (non-hydrogen) atoms. The fourth-order valence-electron chi connectivity index (χ4n) is 1.70. The summed E-state index contributed by atoms with van der Waals surface area (Å²) in [6.45, 7) is 10.4. The molecule has 2 aromatic heterocycles. The number of aromatic nitrogens is 4. The standard InChI is InChI=1S/C13H22N6/c1-5-14-13-17-11(15-6-9(4)8(2)3)10-7-16-19-12(10)18-13/h7-9H,5-6H2,1-4H3,(H3,14,15,16,17,18,19). The molecule has 0 saturated carbocycles. The molecule has 0 radical (unpaired) electrons. The van der Waals surface area contributed by atoms with Gasteiger partial charge in [0, 0.05) is 13.1 Å². The maximum absolute atomic E-state index is 4.50. The average molecular weight is 262 g/mol. The lowest BCUT2D eigenvalue weighted by molar-refractivity contribution is 0.439. The van der Waals surface area contributed by atoms with E-state index in [2.05, 4.69) is 51.6 Å². The smallest absolute Gasteiger partial charge is 0.226 e. The molecule has 0 aliphatic carbocycles. The highest BCUT2D eigenvalue weighted by atomic mass is 15.2. The largest absolute Gasteiger partial charge is 0.369 e. The fraction of sp³-hybridized carbons (Fsp3) is 0.615. The second-order valence-corrected chi connectivity index (χ2v) is 5.16. The Bertz CT molecular complexity index is 533. The first-order chi connectivity index (χ1) is 9.11. The summed E-state index contributed by atoms with van der Waals surface area (Å²) in [6.07, 6.45) is 1.76. The Morgan fingerprint density at radius 2 is 2.00 bits per heavy atom. The number of aromatic amines is 1. The van der Waals surface area contributed by atoms with E-state index in [1.54, 1.807) is 6.20 Å². The highest BCUT2D eigenvalue weighted by Gasteiger charge is 2.11. The van der Waals surface area contributed by atoms with E-state index >= 15 is 0 Å². The van der Waals surface area contributed by atoms with Crippen molar-refractivity contribution in [2.75, 3.05) is 23.7 Å². The molecule has 6 nitrogen and oxygen atoms in total. The van der Waals surface area contributed by atoms with Crippen molar-refractivity contribution in [3.8, 4) is 0 Å². The van der Waals surface area contributed by atoms with Crippen molar-refractivity contribution >= 4 is 22.8 Å². The van der Waals surface area contributed by atoms with Crippen LogP contribution < -0.4 is 10.6 Å². The Labute approximate surface area is 113 Å². The molecule has 2 aromatic rings. The van der Waals surface area contributed by atoms with Crippen molar-refractivity contribution in [2.45, 2.75) is 27.7 Å². The fourth-order valence-corrected chi connectivity index (χ4v) is 1.70. The van der Waals surface area contributed by atoms with Gasteiger partial charge in [-0.05, 0) is 18.8 Å². The van der Waals surface area contributed by atoms with Crippen LogP contribution in [0.1, 0.15) is 27.7 Å². The molecule has 1 atom stereocenters. The molecule has 0 amide bonds. The topological polar surface area (TPSA) is 78.5 Å². The monoisotopic (exact) mass is 262 g/mol. The van der Waals surface area contributed by atoms with Crippen LogP contribution in [0.15, 0.2) is 6.20 Å². The molecule has 0 saturated heterocycles. The number of nitrogens with zero attached hydrogens (tertiary/aromatic N) is 3. The van der Waals surface area contributed by atoms with E-state index in [1.165, 1.54) is 0 Å². The van der Waals surface area contributed by atoms with E-state index in [4.69, 9.17) is 0 Å². The van der Waals surface area contributed by atoms with Crippen LogP contribution in [0.25, 0.3) is 11.0 Å². The van der Waals surface area contributed by atoms with Gasteiger partial charge in [0.25, 0.3) is 0 Å². The molecule has 0 fully saturated rings. The minimum Gasteiger partial charge on any atom is -0.369 e. The molecule has 0 aromatic carbocycles. The van der Waals surface area contributed by atoms with E-state index < -0.39 is 0 Å². The minimum atomic E-state index is 0.583. The van der Waals surface area contributed by atoms with Crippen molar-refractivity contribution in [1.82, 2.24) is 20.2 Å². The quantitative estimate of drug-likeness (QED) is 0.745. The zero-order chi connectivity index (χ0) is 13.8. The maximum atomic E-state index is 4.50. The van der Waals surface area contributed by atoms with E-state index in [-0.39, 0.29) is 0 Å². The average Bonchev–Trinajstić information content (AvgIpc) is 2.84. The van der Waals surface area contributed by atoms with Crippen molar-refractivity contribution in [3.05, 3.63) is 6.20 Å². The predicted octanol–water partition coefficient (Wildman–Crippen LogP) is 2.49. The molecule has 104 valence electrons. The first-order valence-electron chi connectivity index (χ1n) is 6.80. The van der Waals surface area contributed by atoms with Crippen LogP contribution in [0.2, 0.25) is 0 Å². The van der Waals surface area contributed by atoms with Gasteiger partial charge < -0.3 is 10.6 Å². The number of fused-ring (bicyclic) bond motifs is 1. The number of rotatable bonds is 6. The van der Waals surface area contributed by atoms with Gasteiger partial charge in [-0.25, -0.2) is 0 Å². The van der Waals surface area contributed by atoms with Gasteiger partial charge in [0.05, 0.1) is 11.6 Å². The summed E-state index contributed by atoms with van der Waals surface area (Å²) in [4.78, 5) is 8.87. The molecule has 0 spiro atoms. The first kappa shape index (κ1) is 13.6. The van der Waals surface area contributed by atoms with Crippen LogP contribution in [-0.4, -0.2) is 33.3 Å². The molecule has 3 N–H and O–H groups in total. The number of nitrogens with one attached hydrogen (secondary N) is 3. The van der Waals surface area contributed by atoms with E-state index in [0.29, 0.717) is 17.8 Å². The summed E-state index contributed by atoms with van der Waals surface area (Å²) in [5.41, 5.74) is 0.755. The summed E-state index contributed by atoms with van der Waals surface area (Å²) in [7, 11) is 0. The summed E-state index contributed by atoms with van der Waals surface area (Å²) < 4.78 is 0. The Kier molecular flexibility index (Phi) is 4.19. The van der Waals surface area contributed by atoms with Gasteiger partial charge in [0.2, 0.25) is 5.95 Å². The minimum absolute atomic E-state index is 0.583. The summed E-state index contributed by atoms with van der Waals surface area (Å²) in [6, 6.07) is 0. The Morgan fingerprint density at radius 3 is 2.68 bits per heavy atom. The zero-order valence-corrected chi connectivity index (χ0v) is 12.0. The molecule has 0 aliphatic heterocycles. The summed E-state index contributed by atoms with van der Waals surface area (Å²) in [5, 5.41) is 14.4. The summed E-state index contributed by atoms with van der Waals surface area (Å²) >= 11 is 0. The SMILES string of the molecule is CCNc1nc(NCC(C)C(C)C)c2cn[nH]c2n1. The van der Waals surface area contributed by atoms with Crippen molar-refractivity contribution in [1.29, 1.82) is 0 Å². The molecular formula is C13H22N6. The van der Waals surface area contributed by atoms with Crippen LogP contribution in [-0.2, 0) is 0 Å². The first-order valence-corrected chi connectivity index (χ1v) is 6.80. The van der Waals surface area contributed by atoms with Gasteiger partial charge in [0.1, 0.15) is 5.82 Å². The van der Waals surface area contributed by atoms with E-state index in [0.717, 1.165) is 29.9 Å². The van der Waals surface area contributed by atoms with Gasteiger partial charge in [-0.3, -0.25) is 5.10 Å². The van der Waals surface area contributed by atoms with Crippen LogP contribution >= 0.6 is 0 Å². The van der Waals surface area contributed by atoms with Gasteiger partial charge in [-0.15, -0.1) is 0 Å². The zero-order valence-electron chi connectivity index (χ0n) is 12.0. The highest BCUT2D eigenvalue weighted by Crippen LogP contribution is 2.21. The highest BCUT2D eigenvalue weighted by molar-refractivity contribution is 5.86. The van der Waals surface area contributed by atoms with Crippen molar-refractivity contribution < 1.29 is 0 Å². The normalized spacial score (nSPS) is 12.9. The molecule has 0 aliphatic rings. The van der Waals surface area contributed by atoms with Gasteiger partial charge in [-0.2, -0.15) is 15.1 Å². The molecule has 2 rings (SSSR count). The third-order valence-electron chi connectivity index (χ3n) is 3.37. The van der Waals surface area contributed by atoms with Crippen molar-refractivity contribution in [2.24, 2.45) is 11.8 Å². The van der Waals surface area contributed by atoms with E-state index in [9.17, 15) is 0 Å². The Morgan fingerprint density at radius 1 is 1.21 bits per heavy atom. The second kappa shape index (κ2) is 5.86. The molecule has 1 unspecified atom stereocenters. The molecule has 6 heteroatoms. The lowest BCUT2D eigenvalue weighted by Gasteiger charge is -2.17. The third-order valence-corrected chi connectivity index (χ3v) is 3.37. The number of anilines is 2. The number of hydrogen-bond donors (Lipinski definition) is 3. The Hall–Kier alpha value is -1.85. The van der Waals surface area contributed by atoms with Crippen LogP contribution in [0, 0.1) is 11.8 Å². The van der Waals surface area contributed by atoms with Crippen LogP contribution in [0.5, 0.6) is 0 Å². The summed E-state index contributed by atoms with van der Waals surface area (Å²) in [5.74, 6) is 2.68. The number of H-pyrrole nitrogens is 1. The van der Waals surface area contributed by atoms with Gasteiger partial charge in [-0.1, -0.05) is 20.8 Å². The number of hydrogen-bond acceptors (Lipinski definition) is 5. The van der Waals surface area contributed by atoms with Crippen LogP contribution in [0.4, 0.5) is 11.8 Å². The van der Waals surface area contributed by atoms with E-state index in [1.807, 2.05) is 6.92 Å². The van der Waals surface area contributed by atoms with Crippen molar-refractivity contribution in [3.63, 3.8) is 0 Å². The lowest BCUT2D eigenvalue weighted by atomic mass is 9.98. The molecule has 2 heterocycles. The molecule has 0 bridgehead atoms.